The lowest BCUT2D eigenvalue weighted by Gasteiger charge is -2.17. The van der Waals surface area contributed by atoms with Crippen molar-refractivity contribution in [3.63, 3.8) is 0 Å². The van der Waals surface area contributed by atoms with Crippen molar-refractivity contribution in [2.45, 2.75) is 38.4 Å². The molecule has 0 fully saturated rings. The smallest absolute Gasteiger partial charge is 0.0960 e. The van der Waals surface area contributed by atoms with Gasteiger partial charge >= 0.3 is 0 Å². The molecule has 1 atom stereocenters. The summed E-state index contributed by atoms with van der Waals surface area (Å²) in [6, 6.07) is 2.20. The van der Waals surface area contributed by atoms with E-state index in [0.717, 1.165) is 4.34 Å². The van der Waals surface area contributed by atoms with Gasteiger partial charge in [-0.2, -0.15) is 0 Å². The SMILES string of the molecule is CCC(CC)C(Br)c1cc(C)c(Cl)s1. The molecule has 0 saturated heterocycles. The molecular formula is C11H16BrClS. The zero-order chi connectivity index (χ0) is 10.7. The fraction of sp³-hybridized carbons (Fsp3) is 0.636. The van der Waals surface area contributed by atoms with Crippen molar-refractivity contribution in [3.05, 3.63) is 20.8 Å². The highest BCUT2D eigenvalue weighted by molar-refractivity contribution is 9.09. The van der Waals surface area contributed by atoms with Gasteiger partial charge in [-0.1, -0.05) is 54.2 Å². The molecule has 80 valence electrons. The second-order valence-corrected chi connectivity index (χ2v) is 6.26. The van der Waals surface area contributed by atoms with E-state index in [9.17, 15) is 0 Å². The Morgan fingerprint density at radius 2 is 2.00 bits per heavy atom. The van der Waals surface area contributed by atoms with Gasteiger partial charge in [-0.3, -0.25) is 0 Å². The van der Waals surface area contributed by atoms with Crippen LogP contribution in [0.5, 0.6) is 0 Å². The minimum atomic E-state index is 0.466. The Morgan fingerprint density at radius 3 is 2.36 bits per heavy atom. The summed E-state index contributed by atoms with van der Waals surface area (Å²) in [6.07, 6.45) is 2.42. The fourth-order valence-electron chi connectivity index (χ4n) is 1.55. The Balaban J connectivity index is 2.82. The van der Waals surface area contributed by atoms with Gasteiger partial charge in [0, 0.05) is 4.88 Å². The molecule has 0 saturated carbocycles. The van der Waals surface area contributed by atoms with Crippen LogP contribution in [0.25, 0.3) is 0 Å². The van der Waals surface area contributed by atoms with Crippen molar-refractivity contribution in [2.75, 3.05) is 0 Å². The Morgan fingerprint density at radius 1 is 1.43 bits per heavy atom. The van der Waals surface area contributed by atoms with E-state index in [2.05, 4.69) is 42.8 Å². The average Bonchev–Trinajstić information content (AvgIpc) is 2.49. The predicted molar refractivity (Wildman–Crippen MR) is 69.8 cm³/mol. The van der Waals surface area contributed by atoms with E-state index in [1.54, 1.807) is 11.3 Å². The van der Waals surface area contributed by atoms with Crippen LogP contribution in [0.2, 0.25) is 4.34 Å². The highest BCUT2D eigenvalue weighted by Crippen LogP contribution is 2.41. The average molecular weight is 296 g/mol. The molecule has 0 N–H and O–H groups in total. The van der Waals surface area contributed by atoms with E-state index in [0.29, 0.717) is 10.7 Å². The van der Waals surface area contributed by atoms with E-state index in [4.69, 9.17) is 11.6 Å². The third kappa shape index (κ3) is 2.74. The van der Waals surface area contributed by atoms with Crippen LogP contribution in [0.3, 0.4) is 0 Å². The van der Waals surface area contributed by atoms with E-state index in [-0.39, 0.29) is 0 Å². The number of aryl methyl sites for hydroxylation is 1. The number of rotatable bonds is 4. The molecule has 1 heterocycles. The molecule has 0 bridgehead atoms. The van der Waals surface area contributed by atoms with Crippen LogP contribution in [0.15, 0.2) is 6.07 Å². The number of halogens is 2. The summed E-state index contributed by atoms with van der Waals surface area (Å²) in [5.41, 5.74) is 1.20. The predicted octanol–water partition coefficient (Wildman–Crippen LogP) is 5.58. The van der Waals surface area contributed by atoms with Gasteiger partial charge in [-0.15, -0.1) is 11.3 Å². The van der Waals surface area contributed by atoms with Crippen LogP contribution in [0.1, 0.15) is 42.0 Å². The van der Waals surface area contributed by atoms with Gasteiger partial charge in [-0.25, -0.2) is 0 Å². The van der Waals surface area contributed by atoms with E-state index in [1.165, 1.54) is 23.3 Å². The Hall–Kier alpha value is 0.470. The number of hydrogen-bond acceptors (Lipinski definition) is 1. The lowest BCUT2D eigenvalue weighted by atomic mass is 9.98. The Kier molecular flexibility index (Phi) is 4.95. The van der Waals surface area contributed by atoms with Gasteiger partial charge in [0.05, 0.1) is 9.16 Å². The first kappa shape index (κ1) is 12.5. The minimum Gasteiger partial charge on any atom is -0.127 e. The summed E-state index contributed by atoms with van der Waals surface area (Å²) in [5, 5.41) is 0. The van der Waals surface area contributed by atoms with Crippen molar-refractivity contribution in [1.29, 1.82) is 0 Å². The second kappa shape index (κ2) is 5.53. The molecule has 1 unspecified atom stereocenters. The quantitative estimate of drug-likeness (QED) is 0.636. The number of thiophene rings is 1. The van der Waals surface area contributed by atoms with Crippen LogP contribution < -0.4 is 0 Å². The van der Waals surface area contributed by atoms with E-state index >= 15 is 0 Å². The third-order valence-corrected chi connectivity index (χ3v) is 5.79. The fourth-order valence-corrected chi connectivity index (χ4v) is 4.00. The molecule has 1 rings (SSSR count). The molecule has 0 aliphatic heterocycles. The highest BCUT2D eigenvalue weighted by atomic mass is 79.9. The monoisotopic (exact) mass is 294 g/mol. The molecule has 0 aromatic carbocycles. The van der Waals surface area contributed by atoms with Gasteiger partial charge < -0.3 is 0 Å². The summed E-state index contributed by atoms with van der Waals surface area (Å²) in [6.45, 7) is 6.55. The Labute approximate surface area is 104 Å². The maximum Gasteiger partial charge on any atom is 0.0960 e. The second-order valence-electron chi connectivity index (χ2n) is 3.58. The molecule has 0 aliphatic rings. The summed E-state index contributed by atoms with van der Waals surface area (Å²) in [4.78, 5) is 1.83. The lowest BCUT2D eigenvalue weighted by molar-refractivity contribution is 0.490. The van der Waals surface area contributed by atoms with Crippen molar-refractivity contribution in [3.8, 4) is 0 Å². The normalized spacial score (nSPS) is 13.6. The number of alkyl halides is 1. The van der Waals surface area contributed by atoms with Gasteiger partial charge in [0.1, 0.15) is 0 Å². The highest BCUT2D eigenvalue weighted by Gasteiger charge is 2.19. The van der Waals surface area contributed by atoms with E-state index < -0.39 is 0 Å². The van der Waals surface area contributed by atoms with Crippen LogP contribution in [-0.2, 0) is 0 Å². The maximum atomic E-state index is 6.06. The topological polar surface area (TPSA) is 0 Å². The zero-order valence-corrected chi connectivity index (χ0v) is 12.0. The van der Waals surface area contributed by atoms with Crippen LogP contribution >= 0.6 is 38.9 Å². The molecule has 0 aliphatic carbocycles. The summed E-state index contributed by atoms with van der Waals surface area (Å²) >= 11 is 11.5. The van der Waals surface area contributed by atoms with Crippen molar-refractivity contribution in [1.82, 2.24) is 0 Å². The van der Waals surface area contributed by atoms with Crippen molar-refractivity contribution < 1.29 is 0 Å². The van der Waals surface area contributed by atoms with Crippen LogP contribution in [0, 0.1) is 12.8 Å². The van der Waals surface area contributed by atoms with Gasteiger partial charge in [0.15, 0.2) is 0 Å². The molecule has 0 spiro atoms. The number of hydrogen-bond donors (Lipinski definition) is 0. The Bertz CT molecular complexity index is 272. The molecule has 14 heavy (non-hydrogen) atoms. The van der Waals surface area contributed by atoms with Crippen molar-refractivity contribution in [2.24, 2.45) is 5.92 Å². The molecular weight excluding hydrogens is 280 g/mol. The molecule has 0 radical (unpaired) electrons. The first-order valence-electron chi connectivity index (χ1n) is 5.00. The molecule has 1 aromatic rings. The standard InChI is InChI=1S/C11H16BrClS/c1-4-8(5-2)10(12)9-6-7(3)11(13)14-9/h6,8,10H,4-5H2,1-3H3. The van der Waals surface area contributed by atoms with Gasteiger partial charge in [0.2, 0.25) is 0 Å². The first-order chi connectivity index (χ1) is 6.60. The largest absolute Gasteiger partial charge is 0.127 e. The lowest BCUT2D eigenvalue weighted by Crippen LogP contribution is -2.03. The zero-order valence-electron chi connectivity index (χ0n) is 8.81. The van der Waals surface area contributed by atoms with E-state index in [1.807, 2.05) is 0 Å². The van der Waals surface area contributed by atoms with Gasteiger partial charge in [0.25, 0.3) is 0 Å². The molecule has 0 amide bonds. The molecule has 1 aromatic heterocycles. The van der Waals surface area contributed by atoms with Gasteiger partial charge in [-0.05, 0) is 24.5 Å². The molecule has 3 heteroatoms. The van der Waals surface area contributed by atoms with Crippen LogP contribution in [0.4, 0.5) is 0 Å². The van der Waals surface area contributed by atoms with Crippen LogP contribution in [-0.4, -0.2) is 0 Å². The summed E-state index contributed by atoms with van der Waals surface area (Å²) < 4.78 is 0.926. The third-order valence-electron chi connectivity index (χ3n) is 2.61. The minimum absolute atomic E-state index is 0.466. The van der Waals surface area contributed by atoms with Crippen molar-refractivity contribution >= 4 is 38.9 Å². The molecule has 0 nitrogen and oxygen atoms in total. The first-order valence-corrected chi connectivity index (χ1v) is 7.11. The summed E-state index contributed by atoms with van der Waals surface area (Å²) in [5.74, 6) is 0.712. The maximum absolute atomic E-state index is 6.06. The summed E-state index contributed by atoms with van der Waals surface area (Å²) in [7, 11) is 0.